The molecule has 0 bridgehead atoms. The molecule has 0 aromatic heterocycles. The molecule has 1 rings (SSSR count). The third kappa shape index (κ3) is 3.22. The molecule has 0 saturated carbocycles. The number of hydrogen-bond acceptors (Lipinski definition) is 4. The van der Waals surface area contributed by atoms with Crippen LogP contribution in [0, 0.1) is 0 Å². The first-order valence-corrected chi connectivity index (χ1v) is 5.05. The molecule has 1 unspecified atom stereocenters. The molecule has 16 heavy (non-hydrogen) atoms. The molecule has 1 atom stereocenters. The van der Waals surface area contributed by atoms with Crippen LogP contribution in [0.2, 0.25) is 0 Å². The van der Waals surface area contributed by atoms with Crippen molar-refractivity contribution >= 4 is 11.6 Å². The summed E-state index contributed by atoms with van der Waals surface area (Å²) in [5.41, 5.74) is 3.81. The van der Waals surface area contributed by atoms with Crippen LogP contribution in [0.3, 0.4) is 0 Å². The van der Waals surface area contributed by atoms with Gasteiger partial charge in [-0.1, -0.05) is 0 Å². The molecule has 0 heterocycles. The zero-order valence-corrected chi connectivity index (χ0v) is 9.47. The molecule has 88 valence electrons. The molecule has 5 heteroatoms. The summed E-state index contributed by atoms with van der Waals surface area (Å²) >= 11 is 0. The van der Waals surface area contributed by atoms with Crippen molar-refractivity contribution in [2.75, 3.05) is 19.0 Å². The van der Waals surface area contributed by atoms with Gasteiger partial charge in [0.05, 0.1) is 6.10 Å². The van der Waals surface area contributed by atoms with Gasteiger partial charge in [-0.2, -0.15) is 0 Å². The van der Waals surface area contributed by atoms with Crippen LogP contribution >= 0.6 is 0 Å². The van der Waals surface area contributed by atoms with Gasteiger partial charge in [0.15, 0.2) is 0 Å². The van der Waals surface area contributed by atoms with Crippen molar-refractivity contribution in [2.24, 2.45) is 5.84 Å². The van der Waals surface area contributed by atoms with Crippen LogP contribution in [0.5, 0.6) is 0 Å². The Morgan fingerprint density at radius 2 is 2.06 bits per heavy atom. The van der Waals surface area contributed by atoms with Gasteiger partial charge in [-0.3, -0.25) is 10.6 Å². The SMILES string of the molecule is CC(O)CN(C)C(=O)c1ccc(NN)cc1. The van der Waals surface area contributed by atoms with Crippen molar-refractivity contribution < 1.29 is 9.90 Å². The fourth-order valence-electron chi connectivity index (χ4n) is 1.41. The van der Waals surface area contributed by atoms with E-state index in [4.69, 9.17) is 5.84 Å². The molecule has 0 fully saturated rings. The summed E-state index contributed by atoms with van der Waals surface area (Å²) in [5, 5.41) is 9.18. The van der Waals surface area contributed by atoms with Gasteiger partial charge in [-0.15, -0.1) is 0 Å². The van der Waals surface area contributed by atoms with Crippen molar-refractivity contribution in [2.45, 2.75) is 13.0 Å². The van der Waals surface area contributed by atoms with E-state index in [1.165, 1.54) is 4.90 Å². The zero-order valence-electron chi connectivity index (χ0n) is 9.47. The number of carbonyl (C=O) groups is 1. The Labute approximate surface area is 94.8 Å². The van der Waals surface area contributed by atoms with Gasteiger partial charge in [0.25, 0.3) is 5.91 Å². The molecule has 0 aliphatic heterocycles. The van der Waals surface area contributed by atoms with E-state index >= 15 is 0 Å². The van der Waals surface area contributed by atoms with Gasteiger partial charge in [-0.05, 0) is 31.2 Å². The number of nitrogens with one attached hydrogen (secondary N) is 1. The lowest BCUT2D eigenvalue weighted by molar-refractivity contribution is 0.0704. The minimum Gasteiger partial charge on any atom is -0.392 e. The molecule has 0 saturated heterocycles. The van der Waals surface area contributed by atoms with Crippen LogP contribution in [-0.2, 0) is 0 Å². The number of aliphatic hydroxyl groups is 1. The fourth-order valence-corrected chi connectivity index (χ4v) is 1.41. The van der Waals surface area contributed by atoms with Gasteiger partial charge in [0, 0.05) is 24.8 Å². The second-order valence-corrected chi connectivity index (χ2v) is 3.76. The largest absolute Gasteiger partial charge is 0.392 e. The standard InChI is InChI=1S/C11H17N3O2/c1-8(15)7-14(2)11(16)9-3-5-10(13-12)6-4-9/h3-6,8,13,15H,7,12H2,1-2H3. The van der Waals surface area contributed by atoms with E-state index in [2.05, 4.69) is 5.43 Å². The number of nitrogens with two attached hydrogens (primary N) is 1. The lowest BCUT2D eigenvalue weighted by Gasteiger charge is -2.18. The van der Waals surface area contributed by atoms with E-state index in [1.807, 2.05) is 0 Å². The van der Waals surface area contributed by atoms with Gasteiger partial charge in [0.2, 0.25) is 0 Å². The molecule has 5 nitrogen and oxygen atoms in total. The van der Waals surface area contributed by atoms with Gasteiger partial charge in [0.1, 0.15) is 0 Å². The number of hydrazine groups is 1. The minimum absolute atomic E-state index is 0.121. The first-order valence-electron chi connectivity index (χ1n) is 5.05. The first-order chi connectivity index (χ1) is 7.54. The number of hydrogen-bond donors (Lipinski definition) is 3. The normalized spacial score (nSPS) is 12.0. The van der Waals surface area contributed by atoms with Gasteiger partial charge < -0.3 is 15.4 Å². The van der Waals surface area contributed by atoms with Crippen molar-refractivity contribution in [1.82, 2.24) is 4.90 Å². The Kier molecular flexibility index (Phi) is 4.28. The smallest absolute Gasteiger partial charge is 0.253 e. The van der Waals surface area contributed by atoms with Crippen molar-refractivity contribution in [3.63, 3.8) is 0 Å². The Hall–Kier alpha value is -1.59. The summed E-state index contributed by atoms with van der Waals surface area (Å²) in [4.78, 5) is 13.3. The molecule has 0 spiro atoms. The van der Waals surface area contributed by atoms with Crippen LogP contribution in [0.15, 0.2) is 24.3 Å². The minimum atomic E-state index is -0.529. The van der Waals surface area contributed by atoms with Crippen molar-refractivity contribution in [1.29, 1.82) is 0 Å². The first kappa shape index (κ1) is 12.5. The predicted octanol–water partition coefficient (Wildman–Crippen LogP) is 0.425. The highest BCUT2D eigenvalue weighted by molar-refractivity contribution is 5.94. The van der Waals surface area contributed by atoms with Crippen molar-refractivity contribution in [3.8, 4) is 0 Å². The monoisotopic (exact) mass is 223 g/mol. The molecule has 1 aromatic carbocycles. The van der Waals surface area contributed by atoms with E-state index in [-0.39, 0.29) is 5.91 Å². The van der Waals surface area contributed by atoms with Crippen LogP contribution in [-0.4, -0.2) is 35.6 Å². The predicted molar refractivity (Wildman–Crippen MR) is 62.9 cm³/mol. The molecular weight excluding hydrogens is 206 g/mol. The van der Waals surface area contributed by atoms with Crippen LogP contribution in [0.4, 0.5) is 5.69 Å². The van der Waals surface area contributed by atoms with Crippen LogP contribution < -0.4 is 11.3 Å². The number of anilines is 1. The van der Waals surface area contributed by atoms with Crippen molar-refractivity contribution in [3.05, 3.63) is 29.8 Å². The lowest BCUT2D eigenvalue weighted by atomic mass is 10.2. The summed E-state index contributed by atoms with van der Waals surface area (Å²) in [7, 11) is 1.66. The fraction of sp³-hybridized carbons (Fsp3) is 0.364. The number of amides is 1. The molecule has 0 aliphatic rings. The van der Waals surface area contributed by atoms with Gasteiger partial charge >= 0.3 is 0 Å². The number of likely N-dealkylation sites (N-methyl/N-ethyl adjacent to an activating group) is 1. The molecule has 0 aliphatic carbocycles. The maximum atomic E-state index is 11.8. The Morgan fingerprint density at radius 3 is 2.50 bits per heavy atom. The molecule has 4 N–H and O–H groups in total. The zero-order chi connectivity index (χ0) is 12.1. The highest BCUT2D eigenvalue weighted by Gasteiger charge is 2.12. The summed E-state index contributed by atoms with van der Waals surface area (Å²) < 4.78 is 0. The summed E-state index contributed by atoms with van der Waals surface area (Å²) in [5.74, 6) is 5.10. The Bertz CT molecular complexity index is 349. The Morgan fingerprint density at radius 1 is 1.50 bits per heavy atom. The van der Waals surface area contributed by atoms with E-state index < -0.39 is 6.10 Å². The maximum Gasteiger partial charge on any atom is 0.253 e. The summed E-state index contributed by atoms with van der Waals surface area (Å²) in [6.45, 7) is 1.96. The third-order valence-corrected chi connectivity index (χ3v) is 2.18. The number of nitrogen functional groups attached to an aromatic ring is 1. The summed E-state index contributed by atoms with van der Waals surface area (Å²) in [6, 6.07) is 6.83. The third-order valence-electron chi connectivity index (χ3n) is 2.18. The Balaban J connectivity index is 2.72. The second kappa shape index (κ2) is 5.48. The number of nitrogens with zero attached hydrogens (tertiary/aromatic N) is 1. The van der Waals surface area contributed by atoms with E-state index in [9.17, 15) is 9.90 Å². The number of rotatable bonds is 4. The number of benzene rings is 1. The average molecular weight is 223 g/mol. The molecule has 1 aromatic rings. The number of carbonyl (C=O) groups excluding carboxylic acids is 1. The van der Waals surface area contributed by atoms with Crippen LogP contribution in [0.25, 0.3) is 0 Å². The second-order valence-electron chi connectivity index (χ2n) is 3.76. The van der Waals surface area contributed by atoms with Gasteiger partial charge in [-0.25, -0.2) is 0 Å². The topological polar surface area (TPSA) is 78.6 Å². The van der Waals surface area contributed by atoms with E-state index in [0.29, 0.717) is 12.1 Å². The number of aliphatic hydroxyl groups excluding tert-OH is 1. The quantitative estimate of drug-likeness (QED) is 0.511. The van der Waals surface area contributed by atoms with Crippen LogP contribution in [0.1, 0.15) is 17.3 Å². The average Bonchev–Trinajstić information content (AvgIpc) is 2.27. The van der Waals surface area contributed by atoms with E-state index in [0.717, 1.165) is 5.69 Å². The van der Waals surface area contributed by atoms with E-state index in [1.54, 1.807) is 38.2 Å². The molecule has 0 radical (unpaired) electrons. The lowest BCUT2D eigenvalue weighted by Crippen LogP contribution is -2.33. The summed E-state index contributed by atoms with van der Waals surface area (Å²) in [6.07, 6.45) is -0.529. The molecular formula is C11H17N3O2. The molecule has 1 amide bonds. The highest BCUT2D eigenvalue weighted by atomic mass is 16.3. The highest BCUT2D eigenvalue weighted by Crippen LogP contribution is 2.10. The maximum absolute atomic E-state index is 11.8.